The smallest absolute Gasteiger partial charge is 0.123 e. The first kappa shape index (κ1) is 16.0. The van der Waals surface area contributed by atoms with Crippen LogP contribution in [0.25, 0.3) is 0 Å². The molecule has 1 unspecified atom stereocenters. The minimum atomic E-state index is -0.177. The number of hydrogen-bond donors (Lipinski definition) is 1. The van der Waals surface area contributed by atoms with E-state index in [1.807, 2.05) is 18.2 Å². The summed E-state index contributed by atoms with van der Waals surface area (Å²) in [6.45, 7) is 5.46. The molecule has 0 saturated heterocycles. The Bertz CT molecular complexity index is 679. The highest BCUT2D eigenvalue weighted by Crippen LogP contribution is 2.38. The summed E-state index contributed by atoms with van der Waals surface area (Å²) in [6.07, 6.45) is 1.94. The molecule has 1 atom stereocenters. The van der Waals surface area contributed by atoms with E-state index in [9.17, 15) is 4.39 Å². The minimum absolute atomic E-state index is 0.0935. The molecule has 0 spiro atoms. The third-order valence-corrected chi connectivity index (χ3v) is 4.79. The average Bonchev–Trinajstić information content (AvgIpc) is 2.55. The Morgan fingerprint density at radius 2 is 1.91 bits per heavy atom. The maximum Gasteiger partial charge on any atom is 0.123 e. The van der Waals surface area contributed by atoms with Gasteiger partial charge in [-0.25, -0.2) is 4.39 Å². The zero-order valence-corrected chi connectivity index (χ0v) is 14.0. The molecule has 2 nitrogen and oxygen atoms in total. The molecule has 2 aromatic rings. The number of aryl methyl sites for hydroxylation is 1. The molecule has 23 heavy (non-hydrogen) atoms. The van der Waals surface area contributed by atoms with E-state index < -0.39 is 0 Å². The molecule has 0 fully saturated rings. The predicted octanol–water partition coefficient (Wildman–Crippen LogP) is 4.39. The summed E-state index contributed by atoms with van der Waals surface area (Å²) in [4.78, 5) is 0. The van der Waals surface area contributed by atoms with Crippen LogP contribution in [0.4, 0.5) is 4.39 Å². The molecule has 0 radical (unpaired) electrons. The van der Waals surface area contributed by atoms with Crippen LogP contribution in [-0.4, -0.2) is 13.7 Å². The van der Waals surface area contributed by atoms with Crippen LogP contribution < -0.4 is 10.1 Å². The molecule has 2 aromatic carbocycles. The van der Waals surface area contributed by atoms with E-state index in [2.05, 4.69) is 31.3 Å². The Morgan fingerprint density at radius 3 is 2.61 bits per heavy atom. The second kappa shape index (κ2) is 6.32. The van der Waals surface area contributed by atoms with Crippen molar-refractivity contribution in [3.8, 4) is 5.75 Å². The summed E-state index contributed by atoms with van der Waals surface area (Å²) in [5, 5.41) is 3.67. The van der Waals surface area contributed by atoms with Crippen LogP contribution >= 0.6 is 0 Å². The zero-order chi connectivity index (χ0) is 16.4. The molecule has 0 aliphatic carbocycles. The average molecular weight is 313 g/mol. The van der Waals surface area contributed by atoms with E-state index in [-0.39, 0.29) is 11.2 Å². The van der Waals surface area contributed by atoms with E-state index >= 15 is 0 Å². The van der Waals surface area contributed by atoms with Crippen molar-refractivity contribution in [2.75, 3.05) is 13.7 Å². The zero-order valence-electron chi connectivity index (χ0n) is 14.0. The third-order valence-electron chi connectivity index (χ3n) is 4.79. The summed E-state index contributed by atoms with van der Waals surface area (Å²) >= 11 is 0. The fourth-order valence-electron chi connectivity index (χ4n) is 3.36. The quantitative estimate of drug-likeness (QED) is 0.904. The largest absolute Gasteiger partial charge is 0.497 e. The van der Waals surface area contributed by atoms with Crippen molar-refractivity contribution in [2.45, 2.75) is 38.1 Å². The molecular formula is C20H24FNO. The van der Waals surface area contributed by atoms with Crippen molar-refractivity contribution >= 4 is 0 Å². The second-order valence-electron chi connectivity index (χ2n) is 6.94. The Morgan fingerprint density at radius 1 is 1.17 bits per heavy atom. The van der Waals surface area contributed by atoms with Gasteiger partial charge in [0, 0.05) is 18.0 Å². The van der Waals surface area contributed by atoms with Gasteiger partial charge in [-0.15, -0.1) is 0 Å². The maximum atomic E-state index is 13.0. The number of halogens is 1. The van der Waals surface area contributed by atoms with E-state index in [4.69, 9.17) is 4.74 Å². The lowest BCUT2D eigenvalue weighted by Crippen LogP contribution is -2.41. The van der Waals surface area contributed by atoms with Crippen LogP contribution in [0.2, 0.25) is 0 Å². The fourth-order valence-corrected chi connectivity index (χ4v) is 3.36. The van der Waals surface area contributed by atoms with Gasteiger partial charge in [0.15, 0.2) is 0 Å². The highest BCUT2D eigenvalue weighted by atomic mass is 19.1. The fraction of sp³-hybridized carbons (Fsp3) is 0.400. The van der Waals surface area contributed by atoms with Gasteiger partial charge >= 0.3 is 0 Å². The van der Waals surface area contributed by atoms with Gasteiger partial charge < -0.3 is 10.1 Å². The van der Waals surface area contributed by atoms with Gasteiger partial charge in [0.1, 0.15) is 11.6 Å². The van der Waals surface area contributed by atoms with Gasteiger partial charge in [0.25, 0.3) is 0 Å². The normalized spacial score (nSPS) is 19.2. The van der Waals surface area contributed by atoms with Crippen molar-refractivity contribution in [3.05, 3.63) is 65.0 Å². The van der Waals surface area contributed by atoms with E-state index in [1.165, 1.54) is 28.8 Å². The summed E-state index contributed by atoms with van der Waals surface area (Å²) in [5.41, 5.74) is 3.98. The first-order valence-corrected chi connectivity index (χ1v) is 8.16. The van der Waals surface area contributed by atoms with Crippen LogP contribution in [-0.2, 0) is 11.8 Å². The standard InChI is InChI=1S/C20H24FNO/c1-20(2)13-22-19(11-6-14-4-7-15(21)8-5-14)17-10-9-16(23-3)12-18(17)20/h4-5,7-10,12,19,22H,6,11,13H2,1-3H3. The number of rotatable bonds is 4. The van der Waals surface area contributed by atoms with Gasteiger partial charge in [-0.2, -0.15) is 0 Å². The lowest BCUT2D eigenvalue weighted by atomic mass is 9.76. The number of hydrogen-bond acceptors (Lipinski definition) is 2. The van der Waals surface area contributed by atoms with Crippen LogP contribution in [0.3, 0.4) is 0 Å². The summed E-state index contributed by atoms with van der Waals surface area (Å²) in [5.74, 6) is 0.736. The highest BCUT2D eigenvalue weighted by Gasteiger charge is 2.32. The summed E-state index contributed by atoms with van der Waals surface area (Å²) in [7, 11) is 1.71. The van der Waals surface area contributed by atoms with Gasteiger partial charge in [0.05, 0.1) is 7.11 Å². The second-order valence-corrected chi connectivity index (χ2v) is 6.94. The minimum Gasteiger partial charge on any atom is -0.497 e. The summed E-state index contributed by atoms with van der Waals surface area (Å²) < 4.78 is 18.4. The number of nitrogens with one attached hydrogen (secondary N) is 1. The Hall–Kier alpha value is -1.87. The van der Waals surface area contributed by atoms with Crippen LogP contribution in [0.1, 0.15) is 43.0 Å². The van der Waals surface area contributed by atoms with E-state index in [1.54, 1.807) is 7.11 Å². The summed E-state index contributed by atoms with van der Waals surface area (Å²) in [6, 6.07) is 13.5. The van der Waals surface area contributed by atoms with Crippen LogP contribution in [0.15, 0.2) is 42.5 Å². The molecule has 1 aliphatic rings. The van der Waals surface area contributed by atoms with Crippen molar-refractivity contribution in [3.63, 3.8) is 0 Å². The molecule has 122 valence electrons. The lowest BCUT2D eigenvalue weighted by Gasteiger charge is -2.38. The van der Waals surface area contributed by atoms with Crippen LogP contribution in [0.5, 0.6) is 5.75 Å². The number of benzene rings is 2. The highest BCUT2D eigenvalue weighted by molar-refractivity contribution is 5.43. The van der Waals surface area contributed by atoms with Crippen molar-refractivity contribution in [2.24, 2.45) is 0 Å². The molecule has 0 amide bonds. The Labute approximate surface area is 137 Å². The number of methoxy groups -OCH3 is 1. The van der Waals surface area contributed by atoms with Crippen molar-refractivity contribution < 1.29 is 9.13 Å². The molecule has 0 bridgehead atoms. The maximum absolute atomic E-state index is 13.0. The number of fused-ring (bicyclic) bond motifs is 1. The molecule has 0 saturated carbocycles. The van der Waals surface area contributed by atoms with Gasteiger partial charge in [-0.05, 0) is 53.8 Å². The Kier molecular flexibility index (Phi) is 4.40. The SMILES string of the molecule is COc1ccc2c(c1)C(C)(C)CNC2CCc1ccc(F)cc1. The molecule has 3 heteroatoms. The molecule has 1 N–H and O–H groups in total. The van der Waals surface area contributed by atoms with Gasteiger partial charge in [-0.3, -0.25) is 0 Å². The first-order valence-electron chi connectivity index (χ1n) is 8.16. The first-order chi connectivity index (χ1) is 11.0. The van der Waals surface area contributed by atoms with Gasteiger partial charge in [-0.1, -0.05) is 32.0 Å². The van der Waals surface area contributed by atoms with Crippen molar-refractivity contribution in [1.29, 1.82) is 0 Å². The van der Waals surface area contributed by atoms with E-state index in [0.717, 1.165) is 25.1 Å². The third kappa shape index (κ3) is 3.40. The molecular weight excluding hydrogens is 289 g/mol. The monoisotopic (exact) mass is 313 g/mol. The van der Waals surface area contributed by atoms with Crippen LogP contribution in [0, 0.1) is 5.82 Å². The van der Waals surface area contributed by atoms with Gasteiger partial charge in [0.2, 0.25) is 0 Å². The molecule has 3 rings (SSSR count). The molecule has 0 aromatic heterocycles. The topological polar surface area (TPSA) is 21.3 Å². The lowest BCUT2D eigenvalue weighted by molar-refractivity contribution is 0.363. The number of ether oxygens (including phenoxy) is 1. The molecule has 1 aliphatic heterocycles. The van der Waals surface area contributed by atoms with E-state index in [0.29, 0.717) is 6.04 Å². The molecule has 1 heterocycles. The van der Waals surface area contributed by atoms with Crippen molar-refractivity contribution in [1.82, 2.24) is 5.32 Å². The Balaban J connectivity index is 1.80. The predicted molar refractivity (Wildman–Crippen MR) is 91.5 cm³/mol.